The quantitative estimate of drug-likeness (QED) is 0.801. The number of rotatable bonds is 6. The van der Waals surface area contributed by atoms with Gasteiger partial charge >= 0.3 is 0 Å². The van der Waals surface area contributed by atoms with Crippen molar-refractivity contribution >= 4 is 15.9 Å². The number of benzene rings is 1. The Balaban J connectivity index is 1.94. The molecular weight excluding hydrogens is 324 g/mol. The highest BCUT2D eigenvalue weighted by Crippen LogP contribution is 2.23. The topological polar surface area (TPSA) is 66.5 Å². The molecule has 0 aromatic heterocycles. The predicted octanol–water partition coefficient (Wildman–Crippen LogP) is 2.71. The molecule has 24 heavy (non-hydrogen) atoms. The van der Waals surface area contributed by atoms with E-state index in [-0.39, 0.29) is 11.9 Å². The Labute approximate surface area is 145 Å². The largest absolute Gasteiger partial charge is 0.351 e. The lowest BCUT2D eigenvalue weighted by atomic mass is 10.1. The van der Waals surface area contributed by atoms with Crippen molar-refractivity contribution < 1.29 is 13.2 Å². The zero-order valence-electron chi connectivity index (χ0n) is 14.6. The molecule has 1 aliphatic rings. The third-order valence-corrected chi connectivity index (χ3v) is 5.89. The number of nitrogens with one attached hydrogen (secondary N) is 1. The van der Waals surface area contributed by atoms with Crippen molar-refractivity contribution in [3.05, 3.63) is 35.4 Å². The monoisotopic (exact) mass is 352 g/mol. The molecule has 0 bridgehead atoms. The molecule has 6 heteroatoms. The van der Waals surface area contributed by atoms with Crippen molar-refractivity contribution in [2.24, 2.45) is 0 Å². The number of nitrogens with zero attached hydrogens (tertiary/aromatic N) is 1. The van der Waals surface area contributed by atoms with Gasteiger partial charge in [-0.2, -0.15) is 4.31 Å². The van der Waals surface area contributed by atoms with Crippen molar-refractivity contribution in [1.82, 2.24) is 9.62 Å². The van der Waals surface area contributed by atoms with E-state index in [1.54, 1.807) is 10.4 Å². The molecule has 0 unspecified atom stereocenters. The average Bonchev–Trinajstić information content (AvgIpc) is 2.79. The molecule has 134 valence electrons. The summed E-state index contributed by atoms with van der Waals surface area (Å²) in [7, 11) is -3.27. The maximum Gasteiger partial charge on any atom is 0.251 e. The van der Waals surface area contributed by atoms with Crippen LogP contribution < -0.4 is 5.32 Å². The maximum absolute atomic E-state index is 12.2. The highest BCUT2D eigenvalue weighted by atomic mass is 32.2. The fourth-order valence-electron chi connectivity index (χ4n) is 3.33. The van der Waals surface area contributed by atoms with E-state index in [0.29, 0.717) is 18.7 Å². The van der Waals surface area contributed by atoms with Crippen LogP contribution in [0.15, 0.2) is 24.3 Å². The number of hydrogen-bond donors (Lipinski definition) is 1. The Morgan fingerprint density at radius 1 is 1.21 bits per heavy atom. The van der Waals surface area contributed by atoms with E-state index in [1.165, 1.54) is 19.1 Å². The van der Waals surface area contributed by atoms with Crippen LogP contribution in [0.5, 0.6) is 0 Å². The van der Waals surface area contributed by atoms with Crippen LogP contribution in [-0.4, -0.2) is 44.0 Å². The van der Waals surface area contributed by atoms with Crippen LogP contribution in [0.3, 0.4) is 0 Å². The summed E-state index contributed by atoms with van der Waals surface area (Å²) < 4.78 is 25.9. The van der Waals surface area contributed by atoms with Crippen LogP contribution in [-0.2, 0) is 10.0 Å². The van der Waals surface area contributed by atoms with Gasteiger partial charge in [-0.15, -0.1) is 0 Å². The summed E-state index contributed by atoms with van der Waals surface area (Å²) >= 11 is 0. The van der Waals surface area contributed by atoms with Crippen molar-refractivity contribution in [2.45, 2.75) is 51.5 Å². The van der Waals surface area contributed by atoms with Gasteiger partial charge in [0.15, 0.2) is 0 Å². The summed E-state index contributed by atoms with van der Waals surface area (Å²) in [4.78, 5) is 12.2. The van der Waals surface area contributed by atoms with Gasteiger partial charge in [0.05, 0.1) is 6.26 Å². The lowest BCUT2D eigenvalue weighted by Gasteiger charge is -2.29. The molecule has 0 heterocycles. The number of hydrogen-bond acceptors (Lipinski definition) is 3. The van der Waals surface area contributed by atoms with Gasteiger partial charge in [0, 0.05) is 24.7 Å². The van der Waals surface area contributed by atoms with Gasteiger partial charge < -0.3 is 5.32 Å². The summed E-state index contributed by atoms with van der Waals surface area (Å²) in [6.07, 6.45) is 7.60. The SMILES string of the molecule is Cc1cccc(C(=O)NCCN(C2CCCCCC2)S(C)(=O)=O)c1. The second kappa shape index (κ2) is 8.62. The normalized spacial score (nSPS) is 16.8. The van der Waals surface area contributed by atoms with Gasteiger partial charge in [-0.05, 0) is 31.9 Å². The summed E-state index contributed by atoms with van der Waals surface area (Å²) in [6, 6.07) is 7.45. The Morgan fingerprint density at radius 2 is 1.88 bits per heavy atom. The van der Waals surface area contributed by atoms with Crippen LogP contribution in [0.25, 0.3) is 0 Å². The molecule has 1 saturated carbocycles. The van der Waals surface area contributed by atoms with Crippen LogP contribution >= 0.6 is 0 Å². The number of amides is 1. The molecule has 1 aromatic carbocycles. The zero-order valence-corrected chi connectivity index (χ0v) is 15.4. The Morgan fingerprint density at radius 3 is 2.46 bits per heavy atom. The van der Waals surface area contributed by atoms with Crippen LogP contribution in [0.2, 0.25) is 0 Å². The molecule has 0 aliphatic heterocycles. The third kappa shape index (κ3) is 5.60. The zero-order chi connectivity index (χ0) is 17.6. The molecule has 1 aromatic rings. The van der Waals surface area contributed by atoms with E-state index < -0.39 is 10.0 Å². The lowest BCUT2D eigenvalue weighted by Crippen LogP contribution is -2.44. The van der Waals surface area contributed by atoms with Crippen LogP contribution in [0, 0.1) is 6.92 Å². The fraction of sp³-hybridized carbons (Fsp3) is 0.611. The second-order valence-electron chi connectivity index (χ2n) is 6.64. The van der Waals surface area contributed by atoms with Gasteiger partial charge in [-0.3, -0.25) is 4.79 Å². The molecule has 5 nitrogen and oxygen atoms in total. The highest BCUT2D eigenvalue weighted by molar-refractivity contribution is 7.88. The van der Waals surface area contributed by atoms with E-state index in [4.69, 9.17) is 0 Å². The smallest absolute Gasteiger partial charge is 0.251 e. The number of aryl methyl sites for hydroxylation is 1. The Kier molecular flexibility index (Phi) is 6.80. The van der Waals surface area contributed by atoms with Crippen LogP contribution in [0.1, 0.15) is 54.4 Å². The first kappa shape index (κ1) is 18.9. The standard InChI is InChI=1S/C18H28N2O3S/c1-15-8-7-9-16(14-15)18(21)19-12-13-20(24(2,22)23)17-10-5-3-4-6-11-17/h7-9,14,17H,3-6,10-13H2,1-2H3,(H,19,21). The fourth-order valence-corrected chi connectivity index (χ4v) is 4.51. The van der Waals surface area contributed by atoms with E-state index in [2.05, 4.69) is 5.32 Å². The summed E-state index contributed by atoms with van der Waals surface area (Å²) in [6.45, 7) is 2.60. The van der Waals surface area contributed by atoms with E-state index in [9.17, 15) is 13.2 Å². The average molecular weight is 353 g/mol. The van der Waals surface area contributed by atoms with E-state index in [1.807, 2.05) is 25.1 Å². The summed E-state index contributed by atoms with van der Waals surface area (Å²) in [5.41, 5.74) is 1.63. The minimum atomic E-state index is -3.27. The van der Waals surface area contributed by atoms with Gasteiger partial charge in [-0.25, -0.2) is 8.42 Å². The first-order valence-corrected chi connectivity index (χ1v) is 10.5. The minimum Gasteiger partial charge on any atom is -0.351 e. The highest BCUT2D eigenvalue weighted by Gasteiger charge is 2.27. The second-order valence-corrected chi connectivity index (χ2v) is 8.58. The number of carbonyl (C=O) groups is 1. The summed E-state index contributed by atoms with van der Waals surface area (Å²) in [5, 5.41) is 2.84. The maximum atomic E-state index is 12.2. The molecule has 1 N–H and O–H groups in total. The number of sulfonamides is 1. The molecule has 1 amide bonds. The number of carbonyl (C=O) groups excluding carboxylic acids is 1. The Bertz CT molecular complexity index is 650. The van der Waals surface area contributed by atoms with Crippen molar-refractivity contribution in [1.29, 1.82) is 0 Å². The third-order valence-electron chi connectivity index (χ3n) is 4.56. The van der Waals surface area contributed by atoms with Crippen molar-refractivity contribution in [2.75, 3.05) is 19.3 Å². The van der Waals surface area contributed by atoms with Crippen molar-refractivity contribution in [3.8, 4) is 0 Å². The molecule has 2 rings (SSSR count). The molecule has 0 atom stereocenters. The van der Waals surface area contributed by atoms with Crippen molar-refractivity contribution in [3.63, 3.8) is 0 Å². The molecule has 1 fully saturated rings. The van der Waals surface area contributed by atoms with Crippen LogP contribution in [0.4, 0.5) is 0 Å². The minimum absolute atomic E-state index is 0.0679. The van der Waals surface area contributed by atoms with Gasteiger partial charge in [0.25, 0.3) is 5.91 Å². The van der Waals surface area contributed by atoms with Gasteiger partial charge in [0.1, 0.15) is 0 Å². The summed E-state index contributed by atoms with van der Waals surface area (Å²) in [5.74, 6) is -0.159. The molecule has 0 saturated heterocycles. The van der Waals surface area contributed by atoms with Gasteiger partial charge in [0.2, 0.25) is 10.0 Å². The van der Waals surface area contributed by atoms with Gasteiger partial charge in [-0.1, -0.05) is 43.4 Å². The first-order valence-electron chi connectivity index (χ1n) is 8.69. The Hall–Kier alpha value is -1.40. The molecule has 0 radical (unpaired) electrons. The molecular formula is C18H28N2O3S. The first-order chi connectivity index (χ1) is 11.4. The van der Waals surface area contributed by atoms with E-state index >= 15 is 0 Å². The molecule has 1 aliphatic carbocycles. The van der Waals surface area contributed by atoms with E-state index in [0.717, 1.165) is 31.2 Å². The molecule has 0 spiro atoms. The lowest BCUT2D eigenvalue weighted by molar-refractivity contribution is 0.0950. The predicted molar refractivity (Wildman–Crippen MR) is 96.6 cm³/mol.